The first-order chi connectivity index (χ1) is 12.8. The number of aryl methyl sites for hydroxylation is 1. The van der Waals surface area contributed by atoms with Crippen LogP contribution in [0.1, 0.15) is 32.1 Å². The summed E-state index contributed by atoms with van der Waals surface area (Å²) in [5.74, 6) is 0.209. The molecule has 0 spiro atoms. The highest BCUT2D eigenvalue weighted by atomic mass is 16.5. The lowest BCUT2D eigenvalue weighted by Crippen LogP contribution is -2.48. The van der Waals surface area contributed by atoms with Gasteiger partial charge in [0.15, 0.2) is 0 Å². The third kappa shape index (κ3) is 3.94. The summed E-state index contributed by atoms with van der Waals surface area (Å²) in [6, 6.07) is 11.3. The lowest BCUT2D eigenvalue weighted by molar-refractivity contribution is -0.142. The first kappa shape index (κ1) is 17.6. The Bertz CT molecular complexity index is 728. The van der Waals surface area contributed by atoms with E-state index in [1.165, 1.54) is 10.9 Å². The first-order valence-corrected chi connectivity index (χ1v) is 9.99. The Morgan fingerprint density at radius 2 is 2.00 bits per heavy atom. The fraction of sp³-hybridized carbons (Fsp3) is 0.571. The molecular formula is C21H29N3O2. The highest BCUT2D eigenvalue weighted by Gasteiger charge is 2.30. The summed E-state index contributed by atoms with van der Waals surface area (Å²) in [4.78, 5) is 14.4. The number of nitrogens with one attached hydrogen (secondary N) is 1. The van der Waals surface area contributed by atoms with E-state index < -0.39 is 0 Å². The average molecular weight is 355 g/mol. The average Bonchev–Trinajstić information content (AvgIpc) is 3.35. The molecule has 0 bridgehead atoms. The van der Waals surface area contributed by atoms with E-state index in [0.29, 0.717) is 6.04 Å². The van der Waals surface area contributed by atoms with Gasteiger partial charge in [0.25, 0.3) is 5.91 Å². The maximum absolute atomic E-state index is 12.4. The van der Waals surface area contributed by atoms with Crippen molar-refractivity contribution in [2.75, 3.05) is 26.2 Å². The molecular weight excluding hydrogens is 326 g/mol. The molecule has 0 unspecified atom stereocenters. The maximum Gasteiger partial charge on any atom is 0.251 e. The normalized spacial score (nSPS) is 21.5. The zero-order valence-corrected chi connectivity index (χ0v) is 15.4. The number of amides is 1. The highest BCUT2D eigenvalue weighted by molar-refractivity contribution is 5.81. The number of carbonyl (C=O) groups excluding carboxylic acids is 1. The Kier molecular flexibility index (Phi) is 5.56. The molecule has 2 saturated heterocycles. The fourth-order valence-electron chi connectivity index (χ4n) is 4.17. The van der Waals surface area contributed by atoms with Crippen LogP contribution in [0.25, 0.3) is 10.9 Å². The van der Waals surface area contributed by atoms with Crippen molar-refractivity contribution in [1.82, 2.24) is 14.8 Å². The minimum absolute atomic E-state index is 0.170. The van der Waals surface area contributed by atoms with Gasteiger partial charge in [-0.3, -0.25) is 4.79 Å². The Hall–Kier alpha value is -1.85. The maximum atomic E-state index is 12.4. The lowest BCUT2D eigenvalue weighted by Gasteiger charge is -2.33. The van der Waals surface area contributed by atoms with Crippen molar-refractivity contribution in [3.05, 3.63) is 36.5 Å². The quantitative estimate of drug-likeness (QED) is 0.811. The van der Waals surface area contributed by atoms with Crippen LogP contribution in [-0.2, 0) is 16.1 Å². The summed E-state index contributed by atoms with van der Waals surface area (Å²) in [6.45, 7) is 4.52. The van der Waals surface area contributed by atoms with Gasteiger partial charge in [0.2, 0.25) is 0 Å². The van der Waals surface area contributed by atoms with Crippen LogP contribution in [0.4, 0.5) is 0 Å². The molecule has 1 N–H and O–H groups in total. The molecule has 1 atom stereocenters. The first-order valence-electron chi connectivity index (χ1n) is 9.99. The number of rotatable bonds is 6. The highest BCUT2D eigenvalue weighted by Crippen LogP contribution is 2.19. The van der Waals surface area contributed by atoms with Gasteiger partial charge in [-0.1, -0.05) is 18.2 Å². The van der Waals surface area contributed by atoms with Gasteiger partial charge in [-0.2, -0.15) is 0 Å². The minimum atomic E-state index is -0.170. The molecule has 2 aliphatic heterocycles. The van der Waals surface area contributed by atoms with Crippen molar-refractivity contribution in [2.45, 2.75) is 50.8 Å². The minimum Gasteiger partial charge on any atom is -0.368 e. The second-order valence-corrected chi connectivity index (χ2v) is 7.48. The molecule has 2 aromatic rings. The van der Waals surface area contributed by atoms with Crippen LogP contribution in [0.2, 0.25) is 0 Å². The van der Waals surface area contributed by atoms with Crippen molar-refractivity contribution in [3.63, 3.8) is 0 Å². The molecule has 3 heterocycles. The largest absolute Gasteiger partial charge is 0.368 e. The summed E-state index contributed by atoms with van der Waals surface area (Å²) in [6.07, 6.45) is 7.13. The van der Waals surface area contributed by atoms with Crippen molar-refractivity contribution >= 4 is 16.8 Å². The molecule has 26 heavy (non-hydrogen) atoms. The number of hydrogen-bond donors (Lipinski definition) is 1. The van der Waals surface area contributed by atoms with Gasteiger partial charge in [-0.25, -0.2) is 0 Å². The standard InChI is InChI=1S/C21H29N3O2/c25-21(20-7-3-16-26-20)24-14-9-18(10-15-24)22-11-4-12-23-13-8-17-5-1-2-6-19(17)23/h1-2,5-6,8,13,18,20,22H,3-4,7,9-12,14-16H2/t20-/m1/s1. The monoisotopic (exact) mass is 355 g/mol. The lowest BCUT2D eigenvalue weighted by atomic mass is 10.0. The van der Waals surface area contributed by atoms with E-state index in [-0.39, 0.29) is 12.0 Å². The van der Waals surface area contributed by atoms with Crippen LogP contribution < -0.4 is 5.32 Å². The van der Waals surface area contributed by atoms with Crippen molar-refractivity contribution in [1.29, 1.82) is 0 Å². The zero-order chi connectivity index (χ0) is 17.8. The number of carbonyl (C=O) groups is 1. The van der Waals surface area contributed by atoms with E-state index in [0.717, 1.165) is 64.9 Å². The Labute approximate surface area is 155 Å². The van der Waals surface area contributed by atoms with E-state index in [9.17, 15) is 4.79 Å². The predicted octanol–water partition coefficient (Wildman–Crippen LogP) is 2.79. The number of para-hydroxylation sites is 1. The summed E-state index contributed by atoms with van der Waals surface area (Å²) >= 11 is 0. The van der Waals surface area contributed by atoms with Crippen molar-refractivity contribution in [2.24, 2.45) is 0 Å². The number of aromatic nitrogens is 1. The van der Waals surface area contributed by atoms with Gasteiger partial charge >= 0.3 is 0 Å². The van der Waals surface area contributed by atoms with E-state index in [2.05, 4.69) is 46.4 Å². The van der Waals surface area contributed by atoms with Crippen molar-refractivity contribution in [3.8, 4) is 0 Å². The molecule has 4 rings (SSSR count). The molecule has 1 amide bonds. The topological polar surface area (TPSA) is 46.5 Å². The van der Waals surface area contributed by atoms with Crippen LogP contribution in [0.3, 0.4) is 0 Å². The van der Waals surface area contributed by atoms with E-state index in [4.69, 9.17) is 4.74 Å². The third-order valence-electron chi connectivity index (χ3n) is 5.70. The van der Waals surface area contributed by atoms with Gasteiger partial charge in [-0.15, -0.1) is 0 Å². The summed E-state index contributed by atoms with van der Waals surface area (Å²) in [5, 5.41) is 4.99. The van der Waals surface area contributed by atoms with Crippen LogP contribution in [0, 0.1) is 0 Å². The number of fused-ring (bicyclic) bond motifs is 1. The molecule has 2 aliphatic rings. The second kappa shape index (κ2) is 8.23. The zero-order valence-electron chi connectivity index (χ0n) is 15.4. The number of hydrogen-bond acceptors (Lipinski definition) is 3. The molecule has 2 fully saturated rings. The number of nitrogens with zero attached hydrogens (tertiary/aromatic N) is 2. The van der Waals surface area contributed by atoms with E-state index in [1.54, 1.807) is 0 Å². The fourth-order valence-corrected chi connectivity index (χ4v) is 4.17. The number of benzene rings is 1. The van der Waals surface area contributed by atoms with Gasteiger partial charge in [0, 0.05) is 44.0 Å². The van der Waals surface area contributed by atoms with E-state index in [1.807, 2.05) is 4.90 Å². The molecule has 1 aromatic heterocycles. The van der Waals surface area contributed by atoms with Crippen LogP contribution in [0.15, 0.2) is 36.5 Å². The number of ether oxygens (including phenoxy) is 1. The molecule has 5 heteroatoms. The van der Waals surface area contributed by atoms with Gasteiger partial charge in [-0.05, 0) is 56.2 Å². The summed E-state index contributed by atoms with van der Waals surface area (Å²) in [5.41, 5.74) is 1.31. The molecule has 0 aliphatic carbocycles. The van der Waals surface area contributed by atoms with Crippen molar-refractivity contribution < 1.29 is 9.53 Å². The Morgan fingerprint density at radius 3 is 2.81 bits per heavy atom. The SMILES string of the molecule is O=C([C@H]1CCCO1)N1CCC(NCCCn2ccc3ccccc32)CC1. The Morgan fingerprint density at radius 1 is 1.15 bits per heavy atom. The number of piperidine rings is 1. The molecule has 1 aromatic carbocycles. The second-order valence-electron chi connectivity index (χ2n) is 7.48. The molecule has 140 valence electrons. The molecule has 0 radical (unpaired) electrons. The van der Waals surface area contributed by atoms with Crippen LogP contribution >= 0.6 is 0 Å². The van der Waals surface area contributed by atoms with Gasteiger partial charge < -0.3 is 19.5 Å². The molecule has 0 saturated carbocycles. The van der Waals surface area contributed by atoms with Crippen LogP contribution in [0.5, 0.6) is 0 Å². The van der Waals surface area contributed by atoms with Crippen LogP contribution in [-0.4, -0.2) is 53.8 Å². The smallest absolute Gasteiger partial charge is 0.251 e. The predicted molar refractivity (Wildman–Crippen MR) is 103 cm³/mol. The van der Waals surface area contributed by atoms with Gasteiger partial charge in [0.1, 0.15) is 6.10 Å². The molecule has 5 nitrogen and oxygen atoms in total. The summed E-state index contributed by atoms with van der Waals surface area (Å²) in [7, 11) is 0. The van der Waals surface area contributed by atoms with Gasteiger partial charge in [0.05, 0.1) is 0 Å². The number of likely N-dealkylation sites (tertiary alicyclic amines) is 1. The Balaban J connectivity index is 1.16. The van der Waals surface area contributed by atoms with E-state index >= 15 is 0 Å². The third-order valence-corrected chi connectivity index (χ3v) is 5.70. The summed E-state index contributed by atoms with van der Waals surface area (Å²) < 4.78 is 7.86.